The van der Waals surface area contributed by atoms with Gasteiger partial charge in [-0.3, -0.25) is 9.59 Å². The number of carbonyl (C=O) groups excluding carboxylic acids is 2. The summed E-state index contributed by atoms with van der Waals surface area (Å²) in [5.74, 6) is -0.465. The van der Waals surface area contributed by atoms with Crippen LogP contribution in [0.25, 0.3) is 0 Å². The Morgan fingerprint density at radius 1 is 1.04 bits per heavy atom. The molecule has 1 atom stereocenters. The lowest BCUT2D eigenvalue weighted by atomic mass is 10.1. The van der Waals surface area contributed by atoms with Crippen LogP contribution in [0.1, 0.15) is 44.7 Å². The first-order chi connectivity index (χ1) is 13.2. The second-order valence-electron chi connectivity index (χ2n) is 6.82. The van der Waals surface area contributed by atoms with Crippen molar-refractivity contribution in [2.45, 2.75) is 32.2 Å². The Kier molecular flexibility index (Phi) is 5.18. The van der Waals surface area contributed by atoms with Gasteiger partial charge in [0.1, 0.15) is 0 Å². The van der Waals surface area contributed by atoms with Crippen LogP contribution in [-0.4, -0.2) is 31.1 Å². The van der Waals surface area contributed by atoms with Crippen molar-refractivity contribution in [2.24, 2.45) is 0 Å². The number of anilines is 1. The molecule has 0 bridgehead atoms. The highest BCUT2D eigenvalue weighted by Gasteiger charge is 2.19. The van der Waals surface area contributed by atoms with Crippen LogP contribution >= 0.6 is 0 Å². The summed E-state index contributed by atoms with van der Waals surface area (Å²) in [5, 5.41) is 5.75. The maximum Gasteiger partial charge on any atom is 0.255 e. The number of fused-ring (bicyclic) bond motifs is 1. The first-order valence-corrected chi connectivity index (χ1v) is 9.20. The van der Waals surface area contributed by atoms with E-state index in [4.69, 9.17) is 9.47 Å². The summed E-state index contributed by atoms with van der Waals surface area (Å²) in [7, 11) is 0. The molecule has 27 heavy (non-hydrogen) atoms. The summed E-state index contributed by atoms with van der Waals surface area (Å²) in [6, 6.07) is 12.6. The number of amides is 2. The van der Waals surface area contributed by atoms with Crippen molar-refractivity contribution in [1.82, 2.24) is 5.32 Å². The Bertz CT molecular complexity index is 859. The van der Waals surface area contributed by atoms with E-state index in [1.807, 2.05) is 12.1 Å². The summed E-state index contributed by atoms with van der Waals surface area (Å²) < 4.78 is 10.9. The molecule has 4 rings (SSSR count). The predicted octanol–water partition coefficient (Wildman–Crippen LogP) is 2.88. The fraction of sp³-hybridized carbons (Fsp3) is 0.333. The highest BCUT2D eigenvalue weighted by molar-refractivity contribution is 6.09. The van der Waals surface area contributed by atoms with Crippen molar-refractivity contribution in [3.8, 4) is 0 Å². The minimum absolute atomic E-state index is 0.0735. The van der Waals surface area contributed by atoms with Crippen molar-refractivity contribution < 1.29 is 19.1 Å². The van der Waals surface area contributed by atoms with Crippen molar-refractivity contribution in [3.05, 3.63) is 64.7 Å². The molecule has 2 aliphatic rings. The Labute approximate surface area is 157 Å². The van der Waals surface area contributed by atoms with Crippen molar-refractivity contribution in [2.75, 3.05) is 18.5 Å². The van der Waals surface area contributed by atoms with E-state index in [9.17, 15) is 9.59 Å². The fourth-order valence-electron chi connectivity index (χ4n) is 3.40. The highest BCUT2D eigenvalue weighted by atomic mass is 16.5. The van der Waals surface area contributed by atoms with Gasteiger partial charge >= 0.3 is 0 Å². The Morgan fingerprint density at radius 2 is 1.89 bits per heavy atom. The molecule has 0 radical (unpaired) electrons. The zero-order chi connectivity index (χ0) is 18.6. The van der Waals surface area contributed by atoms with Gasteiger partial charge in [0, 0.05) is 18.7 Å². The number of rotatable bonds is 5. The average molecular weight is 366 g/mol. The van der Waals surface area contributed by atoms with Gasteiger partial charge in [0.25, 0.3) is 11.8 Å². The van der Waals surface area contributed by atoms with Gasteiger partial charge in [0.2, 0.25) is 0 Å². The zero-order valence-corrected chi connectivity index (χ0v) is 15.0. The molecule has 1 unspecified atom stereocenters. The van der Waals surface area contributed by atoms with Crippen LogP contribution in [0.5, 0.6) is 0 Å². The van der Waals surface area contributed by atoms with Crippen molar-refractivity contribution in [1.29, 1.82) is 0 Å². The van der Waals surface area contributed by atoms with Crippen LogP contribution in [0.2, 0.25) is 0 Å². The van der Waals surface area contributed by atoms with E-state index in [2.05, 4.69) is 10.6 Å². The first kappa shape index (κ1) is 17.7. The van der Waals surface area contributed by atoms with Gasteiger partial charge in [0.05, 0.1) is 30.6 Å². The second-order valence-corrected chi connectivity index (χ2v) is 6.82. The lowest BCUT2D eigenvalue weighted by Crippen LogP contribution is -2.32. The molecule has 2 aliphatic heterocycles. The van der Waals surface area contributed by atoms with E-state index in [-0.39, 0.29) is 17.9 Å². The lowest BCUT2D eigenvalue weighted by molar-refractivity contribution is 0.0858. The molecular weight excluding hydrogens is 344 g/mol. The van der Waals surface area contributed by atoms with Gasteiger partial charge in [-0.05, 0) is 48.2 Å². The number of nitrogens with one attached hydrogen (secondary N) is 2. The quantitative estimate of drug-likeness (QED) is 0.853. The number of hydrogen-bond acceptors (Lipinski definition) is 4. The summed E-state index contributed by atoms with van der Waals surface area (Å²) in [6.07, 6.45) is 2.06. The molecule has 0 spiro atoms. The number of benzene rings is 2. The van der Waals surface area contributed by atoms with Gasteiger partial charge in [-0.15, -0.1) is 0 Å². The fourth-order valence-corrected chi connectivity index (χ4v) is 3.40. The second kappa shape index (κ2) is 7.90. The molecule has 2 heterocycles. The SMILES string of the molecule is O=C(Nc1ccccc1C(=O)NCC1CCCO1)c1ccc2c(c1)COC2. The van der Waals surface area contributed by atoms with Crippen LogP contribution < -0.4 is 10.6 Å². The van der Waals surface area contributed by atoms with E-state index in [1.54, 1.807) is 30.3 Å². The molecule has 2 aromatic rings. The molecule has 1 fully saturated rings. The van der Waals surface area contributed by atoms with Gasteiger partial charge in [-0.1, -0.05) is 18.2 Å². The van der Waals surface area contributed by atoms with Crippen molar-refractivity contribution >= 4 is 17.5 Å². The van der Waals surface area contributed by atoms with Crippen LogP contribution in [0.4, 0.5) is 5.69 Å². The molecule has 6 heteroatoms. The third-order valence-electron chi connectivity index (χ3n) is 4.92. The molecule has 2 N–H and O–H groups in total. The Morgan fingerprint density at radius 3 is 2.74 bits per heavy atom. The maximum atomic E-state index is 12.7. The smallest absolute Gasteiger partial charge is 0.255 e. The Hall–Kier alpha value is -2.70. The number of carbonyl (C=O) groups is 2. The Balaban J connectivity index is 1.45. The minimum atomic E-state index is -0.246. The van der Waals surface area contributed by atoms with Crippen LogP contribution in [0, 0.1) is 0 Å². The molecule has 140 valence electrons. The van der Waals surface area contributed by atoms with E-state index in [0.717, 1.165) is 30.6 Å². The minimum Gasteiger partial charge on any atom is -0.376 e. The molecule has 0 saturated carbocycles. The monoisotopic (exact) mass is 366 g/mol. The summed E-state index contributed by atoms with van der Waals surface area (Å²) in [5.41, 5.74) is 3.62. The van der Waals surface area contributed by atoms with Gasteiger partial charge in [-0.2, -0.15) is 0 Å². The maximum absolute atomic E-state index is 12.7. The van der Waals surface area contributed by atoms with Gasteiger partial charge < -0.3 is 20.1 Å². The molecule has 0 aliphatic carbocycles. The third kappa shape index (κ3) is 4.02. The standard InChI is InChI=1S/C21H22N2O4/c24-20(14-7-8-15-12-26-13-16(15)10-14)23-19-6-2-1-5-18(19)21(25)22-11-17-4-3-9-27-17/h1-2,5-8,10,17H,3-4,9,11-13H2,(H,22,25)(H,23,24). The molecule has 2 amide bonds. The molecule has 1 saturated heterocycles. The van der Waals surface area contributed by atoms with E-state index in [0.29, 0.717) is 36.6 Å². The van der Waals surface area contributed by atoms with E-state index in [1.165, 1.54) is 0 Å². The molecular formula is C21H22N2O4. The van der Waals surface area contributed by atoms with Crippen LogP contribution in [0.3, 0.4) is 0 Å². The van der Waals surface area contributed by atoms with Gasteiger partial charge in [0.15, 0.2) is 0 Å². The number of ether oxygens (including phenoxy) is 2. The van der Waals surface area contributed by atoms with E-state index < -0.39 is 0 Å². The number of para-hydroxylation sites is 1. The summed E-state index contributed by atoms with van der Waals surface area (Å²) >= 11 is 0. The largest absolute Gasteiger partial charge is 0.376 e. The van der Waals surface area contributed by atoms with Crippen molar-refractivity contribution in [3.63, 3.8) is 0 Å². The first-order valence-electron chi connectivity index (χ1n) is 9.20. The average Bonchev–Trinajstić information content (AvgIpc) is 3.37. The normalized spacial score (nSPS) is 18.1. The predicted molar refractivity (Wildman–Crippen MR) is 101 cm³/mol. The van der Waals surface area contributed by atoms with Gasteiger partial charge in [-0.25, -0.2) is 0 Å². The molecule has 6 nitrogen and oxygen atoms in total. The number of hydrogen-bond donors (Lipinski definition) is 2. The molecule has 0 aromatic heterocycles. The lowest BCUT2D eigenvalue weighted by Gasteiger charge is -2.14. The summed E-state index contributed by atoms with van der Waals surface area (Å²) in [4.78, 5) is 25.2. The van der Waals surface area contributed by atoms with E-state index >= 15 is 0 Å². The zero-order valence-electron chi connectivity index (χ0n) is 15.0. The van der Waals surface area contributed by atoms with Crippen LogP contribution in [0.15, 0.2) is 42.5 Å². The topological polar surface area (TPSA) is 76.7 Å². The molecule has 2 aromatic carbocycles. The third-order valence-corrected chi connectivity index (χ3v) is 4.92. The summed E-state index contributed by atoms with van der Waals surface area (Å²) in [6.45, 7) is 2.34. The highest BCUT2D eigenvalue weighted by Crippen LogP contribution is 2.22. The van der Waals surface area contributed by atoms with Crippen LogP contribution in [-0.2, 0) is 22.7 Å².